The third-order valence-electron chi connectivity index (χ3n) is 3.59. The Morgan fingerprint density at radius 3 is 2.77 bits per heavy atom. The highest BCUT2D eigenvalue weighted by atomic mass is 32.1. The van der Waals surface area contributed by atoms with Crippen molar-refractivity contribution in [3.8, 4) is 5.75 Å². The molecule has 1 aliphatic carbocycles. The minimum atomic E-state index is -0.270. The first-order chi connectivity index (χ1) is 10.7. The van der Waals surface area contributed by atoms with Gasteiger partial charge in [-0.15, -0.1) is 11.3 Å². The topological polar surface area (TPSA) is 45.6 Å². The number of ether oxygens (including phenoxy) is 1. The van der Waals surface area contributed by atoms with E-state index in [9.17, 15) is 4.39 Å². The van der Waals surface area contributed by atoms with Crippen molar-refractivity contribution in [2.75, 3.05) is 13.2 Å². The molecular formula is C16H19FN2O2S. The van der Waals surface area contributed by atoms with E-state index in [2.05, 4.69) is 9.88 Å². The van der Waals surface area contributed by atoms with Crippen molar-refractivity contribution in [3.05, 3.63) is 46.2 Å². The minimum Gasteiger partial charge on any atom is -0.486 e. The Morgan fingerprint density at radius 2 is 2.09 bits per heavy atom. The number of rotatable bonds is 8. The Kier molecular flexibility index (Phi) is 5.02. The molecular weight excluding hydrogens is 303 g/mol. The first kappa shape index (κ1) is 15.4. The van der Waals surface area contributed by atoms with Crippen LogP contribution in [0.4, 0.5) is 4.39 Å². The normalized spacial score (nSPS) is 14.5. The lowest BCUT2D eigenvalue weighted by molar-refractivity contribution is 0.182. The minimum absolute atomic E-state index is 0.182. The van der Waals surface area contributed by atoms with E-state index < -0.39 is 0 Å². The molecule has 118 valence electrons. The van der Waals surface area contributed by atoms with Gasteiger partial charge in [0.05, 0.1) is 12.3 Å². The van der Waals surface area contributed by atoms with Crippen LogP contribution in [0.25, 0.3) is 0 Å². The maximum Gasteiger partial charge on any atom is 0.140 e. The molecule has 2 aromatic rings. The molecule has 0 amide bonds. The van der Waals surface area contributed by atoms with Gasteiger partial charge in [0.2, 0.25) is 0 Å². The molecule has 22 heavy (non-hydrogen) atoms. The number of aliphatic hydroxyl groups excluding tert-OH is 1. The van der Waals surface area contributed by atoms with Crippen LogP contribution in [-0.2, 0) is 13.2 Å². The van der Waals surface area contributed by atoms with E-state index >= 15 is 0 Å². The first-order valence-electron chi connectivity index (χ1n) is 7.41. The van der Waals surface area contributed by atoms with Gasteiger partial charge in [0.15, 0.2) is 0 Å². The molecule has 0 radical (unpaired) electrons. The smallest absolute Gasteiger partial charge is 0.140 e. The summed E-state index contributed by atoms with van der Waals surface area (Å²) in [5.74, 6) is 0.367. The Balaban J connectivity index is 1.53. The molecule has 3 rings (SSSR count). The molecule has 0 bridgehead atoms. The first-order valence-corrected chi connectivity index (χ1v) is 8.29. The van der Waals surface area contributed by atoms with Crippen molar-refractivity contribution in [1.82, 2.24) is 9.88 Å². The van der Waals surface area contributed by atoms with Crippen LogP contribution in [0, 0.1) is 5.82 Å². The number of nitrogens with zero attached hydrogens (tertiary/aromatic N) is 2. The zero-order valence-corrected chi connectivity index (χ0v) is 13.1. The van der Waals surface area contributed by atoms with Gasteiger partial charge in [0.1, 0.15) is 23.2 Å². The number of aromatic nitrogens is 1. The Labute approximate surface area is 133 Å². The number of hydrogen-bond donors (Lipinski definition) is 1. The third-order valence-corrected chi connectivity index (χ3v) is 4.46. The average Bonchev–Trinajstić information content (AvgIpc) is 3.27. The van der Waals surface area contributed by atoms with Crippen LogP contribution < -0.4 is 4.74 Å². The fourth-order valence-electron chi connectivity index (χ4n) is 2.33. The number of halogens is 1. The van der Waals surface area contributed by atoms with Gasteiger partial charge in [0.25, 0.3) is 0 Å². The summed E-state index contributed by atoms with van der Waals surface area (Å²) in [5, 5.41) is 12.1. The van der Waals surface area contributed by atoms with E-state index in [-0.39, 0.29) is 12.4 Å². The Bertz CT molecular complexity index is 598. The van der Waals surface area contributed by atoms with Crippen molar-refractivity contribution >= 4 is 11.3 Å². The molecule has 0 saturated heterocycles. The summed E-state index contributed by atoms with van der Waals surface area (Å²) in [7, 11) is 0. The van der Waals surface area contributed by atoms with Crippen LogP contribution in [0.3, 0.4) is 0 Å². The Morgan fingerprint density at radius 1 is 1.32 bits per heavy atom. The highest BCUT2D eigenvalue weighted by Crippen LogP contribution is 2.28. The van der Waals surface area contributed by atoms with Gasteiger partial charge in [-0.1, -0.05) is 0 Å². The molecule has 0 aliphatic heterocycles. The zero-order chi connectivity index (χ0) is 15.4. The van der Waals surface area contributed by atoms with Gasteiger partial charge in [0, 0.05) is 24.5 Å². The second kappa shape index (κ2) is 7.17. The zero-order valence-electron chi connectivity index (χ0n) is 12.2. The maximum absolute atomic E-state index is 12.8. The SMILES string of the molecule is OCCN(Cc1csc(COc2ccc(F)cc2)n1)C1CC1. The highest BCUT2D eigenvalue weighted by molar-refractivity contribution is 7.09. The summed E-state index contributed by atoms with van der Waals surface area (Å²) >= 11 is 1.56. The quantitative estimate of drug-likeness (QED) is 0.812. The lowest BCUT2D eigenvalue weighted by atomic mass is 10.3. The van der Waals surface area contributed by atoms with E-state index in [0.717, 1.165) is 17.2 Å². The molecule has 1 saturated carbocycles. The predicted molar refractivity (Wildman–Crippen MR) is 83.4 cm³/mol. The number of benzene rings is 1. The molecule has 1 aromatic carbocycles. The van der Waals surface area contributed by atoms with Crippen LogP contribution in [0.15, 0.2) is 29.6 Å². The summed E-state index contributed by atoms with van der Waals surface area (Å²) < 4.78 is 18.4. The molecule has 1 aromatic heterocycles. The molecule has 4 nitrogen and oxygen atoms in total. The lowest BCUT2D eigenvalue weighted by Gasteiger charge is -2.19. The third kappa shape index (κ3) is 4.25. The molecule has 0 atom stereocenters. The van der Waals surface area contributed by atoms with Crippen molar-refractivity contribution in [1.29, 1.82) is 0 Å². The molecule has 0 spiro atoms. The van der Waals surface area contributed by atoms with Crippen molar-refractivity contribution in [2.24, 2.45) is 0 Å². The van der Waals surface area contributed by atoms with Crippen molar-refractivity contribution in [3.63, 3.8) is 0 Å². The van der Waals surface area contributed by atoms with Crippen LogP contribution in [0.5, 0.6) is 5.75 Å². The summed E-state index contributed by atoms with van der Waals surface area (Å²) in [4.78, 5) is 6.85. The standard InChI is InChI=1S/C16H19FN2O2S/c17-12-1-5-15(6-2-12)21-10-16-18-13(11-22-16)9-19(7-8-20)14-3-4-14/h1-2,5-6,11,14,20H,3-4,7-10H2. The van der Waals surface area contributed by atoms with E-state index in [0.29, 0.717) is 24.9 Å². The average molecular weight is 322 g/mol. The van der Waals surface area contributed by atoms with E-state index in [1.165, 1.54) is 25.0 Å². The molecule has 1 N–H and O–H groups in total. The van der Waals surface area contributed by atoms with E-state index in [1.54, 1.807) is 23.5 Å². The van der Waals surface area contributed by atoms with Gasteiger partial charge in [-0.3, -0.25) is 4.90 Å². The number of aliphatic hydroxyl groups is 1. The van der Waals surface area contributed by atoms with E-state index in [4.69, 9.17) is 9.84 Å². The van der Waals surface area contributed by atoms with Crippen LogP contribution in [0.1, 0.15) is 23.5 Å². The van der Waals surface area contributed by atoms with E-state index in [1.807, 2.05) is 5.38 Å². The number of hydrogen-bond acceptors (Lipinski definition) is 5. The summed E-state index contributed by atoms with van der Waals surface area (Å²) in [6.45, 7) is 2.04. The summed E-state index contributed by atoms with van der Waals surface area (Å²) in [6, 6.07) is 6.59. The van der Waals surface area contributed by atoms with Crippen LogP contribution in [-0.4, -0.2) is 34.2 Å². The molecule has 1 fully saturated rings. The molecule has 0 unspecified atom stereocenters. The fraction of sp³-hybridized carbons (Fsp3) is 0.438. The monoisotopic (exact) mass is 322 g/mol. The highest BCUT2D eigenvalue weighted by Gasteiger charge is 2.28. The second-order valence-electron chi connectivity index (χ2n) is 5.40. The number of thiazole rings is 1. The summed E-state index contributed by atoms with van der Waals surface area (Å²) in [6.07, 6.45) is 2.43. The van der Waals surface area contributed by atoms with Crippen molar-refractivity contribution < 1.29 is 14.2 Å². The lowest BCUT2D eigenvalue weighted by Crippen LogP contribution is -2.28. The molecule has 1 aliphatic rings. The predicted octanol–water partition coefficient (Wildman–Crippen LogP) is 2.82. The van der Waals surface area contributed by atoms with Gasteiger partial charge in [-0.2, -0.15) is 0 Å². The molecule has 1 heterocycles. The molecule has 6 heteroatoms. The maximum atomic E-state index is 12.8. The van der Waals surface area contributed by atoms with Gasteiger partial charge >= 0.3 is 0 Å². The second-order valence-corrected chi connectivity index (χ2v) is 6.34. The van der Waals surface area contributed by atoms with Gasteiger partial charge < -0.3 is 9.84 Å². The summed E-state index contributed by atoms with van der Waals surface area (Å²) in [5.41, 5.74) is 1.02. The van der Waals surface area contributed by atoms with Crippen molar-refractivity contribution in [2.45, 2.75) is 32.0 Å². The fourth-order valence-corrected chi connectivity index (χ4v) is 3.03. The van der Waals surface area contributed by atoms with Crippen LogP contribution in [0.2, 0.25) is 0 Å². The van der Waals surface area contributed by atoms with Gasteiger partial charge in [-0.05, 0) is 37.1 Å². The Hall–Kier alpha value is -1.50. The largest absolute Gasteiger partial charge is 0.486 e. The van der Waals surface area contributed by atoms with Crippen LogP contribution >= 0.6 is 11.3 Å². The van der Waals surface area contributed by atoms with Gasteiger partial charge in [-0.25, -0.2) is 9.37 Å².